The van der Waals surface area contributed by atoms with Crippen molar-refractivity contribution in [1.29, 1.82) is 0 Å². The van der Waals surface area contributed by atoms with Gasteiger partial charge in [0.1, 0.15) is 10.7 Å². The van der Waals surface area contributed by atoms with Crippen molar-refractivity contribution in [2.24, 2.45) is 5.14 Å². The van der Waals surface area contributed by atoms with E-state index in [0.717, 1.165) is 12.3 Å². The highest BCUT2D eigenvalue weighted by Gasteiger charge is 2.10. The van der Waals surface area contributed by atoms with E-state index >= 15 is 0 Å². The van der Waals surface area contributed by atoms with Gasteiger partial charge in [-0.2, -0.15) is 0 Å². The van der Waals surface area contributed by atoms with Gasteiger partial charge in [-0.15, -0.1) is 0 Å². The predicted octanol–water partition coefficient (Wildman–Crippen LogP) is 0.177. The molecule has 1 aromatic rings. The van der Waals surface area contributed by atoms with Gasteiger partial charge in [0.2, 0.25) is 10.0 Å². The zero-order valence-electron chi connectivity index (χ0n) is 6.28. The number of halogens is 1. The molecule has 0 spiro atoms. The van der Waals surface area contributed by atoms with E-state index in [1.165, 1.54) is 6.92 Å². The first-order chi connectivity index (χ1) is 5.41. The van der Waals surface area contributed by atoms with E-state index in [9.17, 15) is 12.8 Å². The molecule has 0 aliphatic carbocycles. The smallest absolute Gasteiger partial charge is 0.239 e. The summed E-state index contributed by atoms with van der Waals surface area (Å²) in [7, 11) is -3.84. The van der Waals surface area contributed by atoms with Crippen molar-refractivity contribution in [2.45, 2.75) is 11.8 Å². The van der Waals surface area contributed by atoms with E-state index in [4.69, 9.17) is 5.14 Å². The molecule has 0 fully saturated rings. The summed E-state index contributed by atoms with van der Waals surface area (Å²) in [5.74, 6) is -0.679. The van der Waals surface area contributed by atoms with Crippen LogP contribution in [-0.4, -0.2) is 13.4 Å². The minimum absolute atomic E-state index is 0.141. The lowest BCUT2D eigenvalue weighted by molar-refractivity contribution is 0.585. The second kappa shape index (κ2) is 2.80. The van der Waals surface area contributed by atoms with Crippen LogP contribution in [0, 0.1) is 12.7 Å². The van der Waals surface area contributed by atoms with Crippen molar-refractivity contribution >= 4 is 10.0 Å². The maximum Gasteiger partial charge on any atom is 0.239 e. The molecule has 0 radical (unpaired) electrons. The van der Waals surface area contributed by atoms with E-state index in [1.54, 1.807) is 0 Å². The first kappa shape index (κ1) is 9.08. The van der Waals surface area contributed by atoms with Gasteiger partial charge in [0.05, 0.1) is 5.69 Å². The quantitative estimate of drug-likeness (QED) is 0.686. The number of rotatable bonds is 1. The van der Waals surface area contributed by atoms with Crippen molar-refractivity contribution in [3.63, 3.8) is 0 Å². The van der Waals surface area contributed by atoms with Gasteiger partial charge in [-0.05, 0) is 13.0 Å². The van der Waals surface area contributed by atoms with Gasteiger partial charge in [0.25, 0.3) is 0 Å². The summed E-state index contributed by atoms with van der Waals surface area (Å²) in [4.78, 5) is 3.20. The number of nitrogens with zero attached hydrogens (tertiary/aromatic N) is 1. The molecule has 2 N–H and O–H groups in total. The number of pyridine rings is 1. The van der Waals surface area contributed by atoms with Crippen molar-refractivity contribution in [1.82, 2.24) is 4.98 Å². The number of aromatic nitrogens is 1. The maximum atomic E-state index is 12.7. The molecule has 0 atom stereocenters. The molecule has 0 amide bonds. The molecule has 1 rings (SSSR count). The normalized spacial score (nSPS) is 11.6. The van der Waals surface area contributed by atoms with Crippen molar-refractivity contribution < 1.29 is 12.8 Å². The Morgan fingerprint density at radius 1 is 1.58 bits per heavy atom. The summed E-state index contributed by atoms with van der Waals surface area (Å²) >= 11 is 0. The highest BCUT2D eigenvalue weighted by atomic mass is 32.2. The van der Waals surface area contributed by atoms with Gasteiger partial charge in [-0.3, -0.25) is 4.98 Å². The van der Waals surface area contributed by atoms with Crippen LogP contribution in [0.5, 0.6) is 0 Å². The van der Waals surface area contributed by atoms with Crippen LogP contribution in [-0.2, 0) is 10.0 Å². The fourth-order valence-corrected chi connectivity index (χ4v) is 1.11. The summed E-state index contributed by atoms with van der Waals surface area (Å²) in [5.41, 5.74) is 0.141. The van der Waals surface area contributed by atoms with Crippen LogP contribution in [0.2, 0.25) is 0 Å². The second-order valence-corrected chi connectivity index (χ2v) is 3.84. The van der Waals surface area contributed by atoms with Crippen LogP contribution in [0.3, 0.4) is 0 Å². The third kappa shape index (κ3) is 1.77. The van der Waals surface area contributed by atoms with Gasteiger partial charge in [-0.25, -0.2) is 17.9 Å². The molecule has 0 saturated heterocycles. The molecule has 0 bridgehead atoms. The Morgan fingerprint density at radius 3 is 2.58 bits per heavy atom. The number of nitrogens with two attached hydrogens (primary N) is 1. The number of hydrogen-bond acceptors (Lipinski definition) is 3. The third-order valence-electron chi connectivity index (χ3n) is 1.33. The van der Waals surface area contributed by atoms with Crippen LogP contribution in [0.15, 0.2) is 17.2 Å². The molecular formula is C6H7FN2O2S. The fourth-order valence-electron chi connectivity index (χ4n) is 0.644. The van der Waals surface area contributed by atoms with Gasteiger partial charge in [0.15, 0.2) is 0 Å². The molecule has 4 nitrogen and oxygen atoms in total. The van der Waals surface area contributed by atoms with Gasteiger partial charge < -0.3 is 0 Å². The molecule has 0 unspecified atom stereocenters. The molecule has 1 heterocycles. The zero-order valence-corrected chi connectivity index (χ0v) is 7.10. The van der Waals surface area contributed by atoms with Crippen molar-refractivity contribution in [3.8, 4) is 0 Å². The number of aryl methyl sites for hydroxylation is 1. The van der Waals surface area contributed by atoms with Crippen LogP contribution < -0.4 is 5.14 Å². The summed E-state index contributed by atoms with van der Waals surface area (Å²) < 4.78 is 34.1. The van der Waals surface area contributed by atoms with Gasteiger partial charge >= 0.3 is 0 Å². The average molecular weight is 190 g/mol. The SMILES string of the molecule is Cc1ncc(S(N)(=O)=O)cc1F. The Labute approximate surface area is 69.3 Å². The minimum Gasteiger partial charge on any atom is -0.257 e. The highest BCUT2D eigenvalue weighted by molar-refractivity contribution is 7.89. The molecule has 1 aromatic heterocycles. The highest BCUT2D eigenvalue weighted by Crippen LogP contribution is 2.09. The van der Waals surface area contributed by atoms with E-state index < -0.39 is 15.8 Å². The largest absolute Gasteiger partial charge is 0.257 e. The lowest BCUT2D eigenvalue weighted by Gasteiger charge is -1.98. The van der Waals surface area contributed by atoms with Crippen molar-refractivity contribution in [2.75, 3.05) is 0 Å². The Balaban J connectivity index is 3.33. The minimum atomic E-state index is -3.84. The van der Waals surface area contributed by atoms with Gasteiger partial charge in [0, 0.05) is 6.20 Å². The topological polar surface area (TPSA) is 73.0 Å². The van der Waals surface area contributed by atoms with Crippen LogP contribution >= 0.6 is 0 Å². The fraction of sp³-hybridized carbons (Fsp3) is 0.167. The lowest BCUT2D eigenvalue weighted by atomic mass is 10.4. The zero-order chi connectivity index (χ0) is 9.35. The number of hydrogen-bond donors (Lipinski definition) is 1. The first-order valence-corrected chi connectivity index (χ1v) is 4.61. The predicted molar refractivity (Wildman–Crippen MR) is 40.3 cm³/mol. The summed E-state index contributed by atoms with van der Waals surface area (Å²) in [5, 5.41) is 4.74. The molecular weight excluding hydrogens is 183 g/mol. The summed E-state index contributed by atoms with van der Waals surface area (Å²) in [6, 6.07) is 0.845. The van der Waals surface area contributed by atoms with Crippen LogP contribution in [0.25, 0.3) is 0 Å². The number of sulfonamides is 1. The summed E-state index contributed by atoms with van der Waals surface area (Å²) in [6.07, 6.45) is 1.02. The van der Waals surface area contributed by atoms with E-state index in [-0.39, 0.29) is 10.6 Å². The molecule has 12 heavy (non-hydrogen) atoms. The molecule has 6 heteroatoms. The average Bonchev–Trinajstić information content (AvgIpc) is 1.92. The second-order valence-electron chi connectivity index (χ2n) is 2.28. The molecule has 66 valence electrons. The lowest BCUT2D eigenvalue weighted by Crippen LogP contribution is -2.13. The van der Waals surface area contributed by atoms with E-state index in [2.05, 4.69) is 4.98 Å². The number of primary sulfonamides is 1. The molecule has 0 aliphatic rings. The Bertz CT molecular complexity index is 402. The third-order valence-corrected chi connectivity index (χ3v) is 2.21. The molecule has 0 saturated carbocycles. The van der Waals surface area contributed by atoms with Crippen molar-refractivity contribution in [3.05, 3.63) is 23.8 Å². The Hall–Kier alpha value is -1.01. The first-order valence-electron chi connectivity index (χ1n) is 3.06. The monoisotopic (exact) mass is 190 g/mol. The maximum absolute atomic E-state index is 12.7. The van der Waals surface area contributed by atoms with E-state index in [0.29, 0.717) is 0 Å². The molecule has 0 aromatic carbocycles. The van der Waals surface area contributed by atoms with Crippen LogP contribution in [0.4, 0.5) is 4.39 Å². The standard InChI is InChI=1S/C6H7FN2O2S/c1-4-6(7)2-5(3-9-4)12(8,10)11/h2-3H,1H3,(H2,8,10,11). The van der Waals surface area contributed by atoms with Crippen LogP contribution in [0.1, 0.15) is 5.69 Å². The van der Waals surface area contributed by atoms with E-state index in [1.807, 2.05) is 0 Å². The molecule has 0 aliphatic heterocycles. The Kier molecular flexibility index (Phi) is 2.12. The summed E-state index contributed by atoms with van der Waals surface area (Å²) in [6.45, 7) is 1.43. The Morgan fingerprint density at radius 2 is 2.17 bits per heavy atom. The van der Waals surface area contributed by atoms with Gasteiger partial charge in [-0.1, -0.05) is 0 Å².